The Bertz CT molecular complexity index is 373. The Kier molecular flexibility index (Phi) is 5.11. The molecule has 0 bridgehead atoms. The second-order valence-corrected chi connectivity index (χ2v) is 4.17. The zero-order valence-electron chi connectivity index (χ0n) is 8.17. The van der Waals surface area contributed by atoms with Crippen LogP contribution in [0.15, 0.2) is 33.9 Å². The Labute approximate surface area is 107 Å². The Morgan fingerprint density at radius 3 is 2.53 bits per heavy atom. The molecule has 0 aliphatic carbocycles. The molecule has 4 heteroatoms. The first kappa shape index (κ1) is 12.5. The van der Waals surface area contributed by atoms with Crippen molar-refractivity contribution in [1.29, 1.82) is 0 Å². The van der Waals surface area contributed by atoms with Crippen LogP contribution < -0.4 is 0 Å². The third-order valence-electron chi connectivity index (χ3n) is 1.67. The molecule has 0 unspecified atom stereocenters. The Hall–Kier alpha value is -0.550. The van der Waals surface area contributed by atoms with Gasteiger partial charge in [0, 0.05) is 0 Å². The molecule has 0 saturated heterocycles. The second kappa shape index (κ2) is 6.12. The monoisotopic (exact) mass is 336 g/mol. The minimum Gasteiger partial charge on any atom is -0.462 e. The summed E-state index contributed by atoms with van der Waals surface area (Å²) in [5.41, 5.74) is 0.816. The number of halogens is 2. The molecule has 0 heterocycles. The molecule has 0 amide bonds. The topological polar surface area (TPSA) is 26.3 Å². The van der Waals surface area contributed by atoms with Crippen molar-refractivity contribution in [2.24, 2.45) is 0 Å². The number of hydrogen-bond donors (Lipinski definition) is 0. The molecule has 0 atom stereocenters. The minimum absolute atomic E-state index is 0.351. The van der Waals surface area contributed by atoms with Crippen LogP contribution in [0.5, 0.6) is 0 Å². The fourth-order valence-corrected chi connectivity index (χ4v) is 1.67. The SMILES string of the molecule is CCOC(=O)C(I)=C(Cl)c1ccccc1. The van der Waals surface area contributed by atoms with Gasteiger partial charge < -0.3 is 4.74 Å². The van der Waals surface area contributed by atoms with Gasteiger partial charge in [-0.1, -0.05) is 41.9 Å². The van der Waals surface area contributed by atoms with E-state index < -0.39 is 0 Å². The van der Waals surface area contributed by atoms with E-state index >= 15 is 0 Å². The number of ether oxygens (including phenoxy) is 1. The quantitative estimate of drug-likeness (QED) is 0.479. The van der Waals surface area contributed by atoms with Crippen molar-refractivity contribution in [3.05, 3.63) is 39.5 Å². The lowest BCUT2D eigenvalue weighted by Crippen LogP contribution is -2.04. The van der Waals surface area contributed by atoms with E-state index in [0.29, 0.717) is 15.2 Å². The van der Waals surface area contributed by atoms with Crippen LogP contribution in [0.25, 0.3) is 5.03 Å². The molecule has 80 valence electrons. The van der Waals surface area contributed by atoms with E-state index in [1.807, 2.05) is 52.9 Å². The number of esters is 1. The minimum atomic E-state index is -0.382. The van der Waals surface area contributed by atoms with Gasteiger partial charge in [0.2, 0.25) is 0 Å². The molecule has 0 fully saturated rings. The van der Waals surface area contributed by atoms with Gasteiger partial charge in [0.1, 0.15) is 3.58 Å². The van der Waals surface area contributed by atoms with E-state index in [2.05, 4.69) is 0 Å². The van der Waals surface area contributed by atoms with Crippen molar-refractivity contribution in [1.82, 2.24) is 0 Å². The standard InChI is InChI=1S/C11H10ClIO2/c1-2-15-11(14)10(13)9(12)8-6-4-3-5-7-8/h3-7H,2H2,1H3. The van der Waals surface area contributed by atoms with Crippen molar-refractivity contribution in [2.45, 2.75) is 6.92 Å². The number of carbonyl (C=O) groups is 1. The van der Waals surface area contributed by atoms with Crippen LogP contribution in [-0.4, -0.2) is 12.6 Å². The van der Waals surface area contributed by atoms with E-state index in [0.717, 1.165) is 5.56 Å². The average molecular weight is 337 g/mol. The van der Waals surface area contributed by atoms with Gasteiger partial charge >= 0.3 is 5.97 Å². The summed E-state index contributed by atoms with van der Waals surface area (Å²) < 4.78 is 5.26. The summed E-state index contributed by atoms with van der Waals surface area (Å²) in [4.78, 5) is 11.4. The second-order valence-electron chi connectivity index (χ2n) is 2.71. The molecule has 0 radical (unpaired) electrons. The van der Waals surface area contributed by atoms with Crippen LogP contribution in [0.4, 0.5) is 0 Å². The zero-order valence-corrected chi connectivity index (χ0v) is 11.1. The fraction of sp³-hybridized carbons (Fsp3) is 0.182. The van der Waals surface area contributed by atoms with Crippen LogP contribution in [0, 0.1) is 0 Å². The third kappa shape index (κ3) is 3.50. The molecule has 0 aliphatic rings. The van der Waals surface area contributed by atoms with E-state index in [1.54, 1.807) is 6.92 Å². The van der Waals surface area contributed by atoms with E-state index in [9.17, 15) is 4.79 Å². The number of carbonyl (C=O) groups excluding carboxylic acids is 1. The first-order chi connectivity index (χ1) is 7.16. The highest BCUT2D eigenvalue weighted by Gasteiger charge is 2.13. The molecule has 2 nitrogen and oxygen atoms in total. The molecular weight excluding hydrogens is 326 g/mol. The van der Waals surface area contributed by atoms with Crippen molar-refractivity contribution >= 4 is 45.2 Å². The first-order valence-corrected chi connectivity index (χ1v) is 5.90. The Balaban J connectivity index is 2.95. The zero-order chi connectivity index (χ0) is 11.3. The van der Waals surface area contributed by atoms with Gasteiger partial charge in [0.05, 0.1) is 11.6 Å². The average Bonchev–Trinajstić information content (AvgIpc) is 2.28. The van der Waals surface area contributed by atoms with Gasteiger partial charge in [-0.25, -0.2) is 4.79 Å². The normalized spacial score (nSPS) is 11.9. The molecule has 1 aromatic carbocycles. The van der Waals surface area contributed by atoms with E-state index in [-0.39, 0.29) is 5.97 Å². The summed E-state index contributed by atoms with van der Waals surface area (Å²) in [6, 6.07) is 9.32. The summed E-state index contributed by atoms with van der Waals surface area (Å²) in [6.07, 6.45) is 0. The molecule has 0 saturated carbocycles. The smallest absolute Gasteiger partial charge is 0.345 e. The molecule has 1 rings (SSSR count). The van der Waals surface area contributed by atoms with Crippen LogP contribution in [-0.2, 0) is 9.53 Å². The van der Waals surface area contributed by atoms with Crippen LogP contribution in [0.3, 0.4) is 0 Å². The molecule has 1 aromatic rings. The maximum atomic E-state index is 11.4. The fourth-order valence-electron chi connectivity index (χ4n) is 0.995. The summed E-state index contributed by atoms with van der Waals surface area (Å²) in [6.45, 7) is 2.11. The molecule has 0 N–H and O–H groups in total. The van der Waals surface area contributed by atoms with Crippen molar-refractivity contribution in [2.75, 3.05) is 6.61 Å². The van der Waals surface area contributed by atoms with Gasteiger partial charge in [0.25, 0.3) is 0 Å². The van der Waals surface area contributed by atoms with Crippen LogP contribution in [0.2, 0.25) is 0 Å². The lowest BCUT2D eigenvalue weighted by molar-refractivity contribution is -0.137. The number of benzene rings is 1. The first-order valence-electron chi connectivity index (χ1n) is 4.44. The molecule has 0 aromatic heterocycles. The summed E-state index contributed by atoms with van der Waals surface area (Å²) in [5, 5.41) is 0.426. The van der Waals surface area contributed by atoms with Crippen LogP contribution >= 0.6 is 34.2 Å². The highest BCUT2D eigenvalue weighted by atomic mass is 127. The van der Waals surface area contributed by atoms with Gasteiger partial charge in [-0.2, -0.15) is 0 Å². The van der Waals surface area contributed by atoms with E-state index in [1.165, 1.54) is 0 Å². The maximum absolute atomic E-state index is 11.4. The van der Waals surface area contributed by atoms with E-state index in [4.69, 9.17) is 16.3 Å². The molecule has 15 heavy (non-hydrogen) atoms. The van der Waals surface area contributed by atoms with Crippen molar-refractivity contribution < 1.29 is 9.53 Å². The molecule has 0 spiro atoms. The lowest BCUT2D eigenvalue weighted by atomic mass is 10.2. The van der Waals surface area contributed by atoms with Gasteiger partial charge in [-0.15, -0.1) is 0 Å². The number of rotatable bonds is 3. The Morgan fingerprint density at radius 1 is 1.40 bits per heavy atom. The van der Waals surface area contributed by atoms with Gasteiger partial charge in [-0.3, -0.25) is 0 Å². The lowest BCUT2D eigenvalue weighted by Gasteiger charge is -2.04. The summed E-state index contributed by atoms with van der Waals surface area (Å²) in [5.74, 6) is -0.382. The number of hydrogen-bond acceptors (Lipinski definition) is 2. The summed E-state index contributed by atoms with van der Waals surface area (Å²) >= 11 is 7.95. The predicted molar refractivity (Wildman–Crippen MR) is 69.9 cm³/mol. The summed E-state index contributed by atoms with van der Waals surface area (Å²) in [7, 11) is 0. The van der Waals surface area contributed by atoms with Crippen LogP contribution in [0.1, 0.15) is 12.5 Å². The Morgan fingerprint density at radius 2 is 2.00 bits per heavy atom. The van der Waals surface area contributed by atoms with Crippen molar-refractivity contribution in [3.63, 3.8) is 0 Å². The highest BCUT2D eigenvalue weighted by molar-refractivity contribution is 14.1. The van der Waals surface area contributed by atoms with Gasteiger partial charge in [-0.05, 0) is 35.1 Å². The third-order valence-corrected chi connectivity index (χ3v) is 3.38. The maximum Gasteiger partial charge on any atom is 0.345 e. The predicted octanol–water partition coefficient (Wildman–Crippen LogP) is 3.59. The van der Waals surface area contributed by atoms with Gasteiger partial charge in [0.15, 0.2) is 0 Å². The molecule has 0 aliphatic heterocycles. The highest BCUT2D eigenvalue weighted by Crippen LogP contribution is 2.27. The largest absolute Gasteiger partial charge is 0.462 e. The molecular formula is C11H10ClIO2. The van der Waals surface area contributed by atoms with Crippen molar-refractivity contribution in [3.8, 4) is 0 Å².